The average molecular weight is 437 g/mol. The van der Waals surface area contributed by atoms with E-state index < -0.39 is 5.60 Å². The molecule has 7 nitrogen and oxygen atoms in total. The third kappa shape index (κ3) is 5.62. The summed E-state index contributed by atoms with van der Waals surface area (Å²) in [5, 5.41) is 3.15. The van der Waals surface area contributed by atoms with E-state index in [1.165, 1.54) is 0 Å². The topological polar surface area (TPSA) is 97.6 Å². The molecule has 0 bridgehead atoms. The van der Waals surface area contributed by atoms with Gasteiger partial charge in [-0.2, -0.15) is 0 Å². The van der Waals surface area contributed by atoms with E-state index in [-0.39, 0.29) is 34.8 Å². The van der Waals surface area contributed by atoms with Crippen molar-refractivity contribution >= 4 is 22.8 Å². The summed E-state index contributed by atoms with van der Waals surface area (Å²) in [4.78, 5) is 42.8. The number of carbonyl (C=O) groups excluding carboxylic acids is 2. The highest BCUT2D eigenvalue weighted by Gasteiger charge is 2.18. The van der Waals surface area contributed by atoms with Gasteiger partial charge in [-0.15, -0.1) is 0 Å². The third-order valence-corrected chi connectivity index (χ3v) is 4.76. The van der Waals surface area contributed by atoms with Crippen molar-refractivity contribution in [2.45, 2.75) is 46.1 Å². The minimum atomic E-state index is -0.473. The van der Waals surface area contributed by atoms with Crippen LogP contribution >= 0.6 is 0 Å². The molecule has 2 aromatic carbocycles. The maximum absolute atomic E-state index is 12.9. The van der Waals surface area contributed by atoms with Gasteiger partial charge in [-0.05, 0) is 46.2 Å². The molecule has 168 valence electrons. The number of hydrogen-bond acceptors (Lipinski definition) is 5. The summed E-state index contributed by atoms with van der Waals surface area (Å²) in [5.41, 5.74) is 3.53. The first-order chi connectivity index (χ1) is 15.2. The summed E-state index contributed by atoms with van der Waals surface area (Å²) < 4.78 is 6.08. The van der Waals surface area contributed by atoms with Gasteiger partial charge in [0.15, 0.2) is 11.0 Å². The molecule has 32 heavy (non-hydrogen) atoms. The molecule has 2 amide bonds. The van der Waals surface area contributed by atoms with Crippen LogP contribution in [0.3, 0.4) is 0 Å². The molecule has 0 spiro atoms. The van der Waals surface area contributed by atoms with Gasteiger partial charge in [0, 0.05) is 24.1 Å². The number of benzene rings is 2. The number of amides is 2. The molecule has 1 aromatic heterocycles. The maximum atomic E-state index is 12.9. The zero-order valence-electron chi connectivity index (χ0n) is 18.8. The third-order valence-electron chi connectivity index (χ3n) is 4.76. The zero-order valence-corrected chi connectivity index (χ0v) is 18.8. The molecule has 0 aliphatic carbocycles. The van der Waals surface area contributed by atoms with Crippen LogP contribution in [0, 0.1) is 6.92 Å². The van der Waals surface area contributed by atoms with E-state index >= 15 is 0 Å². The lowest BCUT2D eigenvalue weighted by Crippen LogP contribution is -2.34. The van der Waals surface area contributed by atoms with Crippen molar-refractivity contribution in [1.82, 2.24) is 10.8 Å². The first-order valence-electron chi connectivity index (χ1n) is 10.5. The molecule has 0 aliphatic rings. The van der Waals surface area contributed by atoms with Crippen LogP contribution in [-0.2, 0) is 9.63 Å². The fourth-order valence-corrected chi connectivity index (χ4v) is 3.16. The van der Waals surface area contributed by atoms with Gasteiger partial charge in [-0.3, -0.25) is 19.2 Å². The minimum Gasteiger partial charge on any atom is -0.455 e. The van der Waals surface area contributed by atoms with E-state index in [9.17, 15) is 14.4 Å². The molecule has 0 fully saturated rings. The maximum Gasteiger partial charge on any atom is 0.255 e. The molecular weight excluding hydrogens is 408 g/mol. The van der Waals surface area contributed by atoms with Crippen LogP contribution in [0.15, 0.2) is 57.7 Å². The molecule has 1 heterocycles. The van der Waals surface area contributed by atoms with Crippen LogP contribution in [0.1, 0.15) is 49.5 Å². The van der Waals surface area contributed by atoms with Gasteiger partial charge >= 0.3 is 0 Å². The molecule has 3 aromatic rings. The summed E-state index contributed by atoms with van der Waals surface area (Å²) >= 11 is 0. The Balaban J connectivity index is 1.74. The average Bonchev–Trinajstić information content (AvgIpc) is 2.77. The Morgan fingerprint density at radius 1 is 1.03 bits per heavy atom. The van der Waals surface area contributed by atoms with Crippen LogP contribution in [-0.4, -0.2) is 24.0 Å². The van der Waals surface area contributed by atoms with E-state index in [0.717, 1.165) is 5.56 Å². The molecule has 3 rings (SSSR count). The van der Waals surface area contributed by atoms with Crippen molar-refractivity contribution in [2.75, 3.05) is 6.54 Å². The summed E-state index contributed by atoms with van der Waals surface area (Å²) in [6.07, 6.45) is 0.645. The molecule has 0 saturated heterocycles. The monoisotopic (exact) mass is 436 g/mol. The smallest absolute Gasteiger partial charge is 0.255 e. The normalized spacial score (nSPS) is 11.4. The summed E-state index contributed by atoms with van der Waals surface area (Å²) in [6, 6.07) is 14.2. The molecule has 0 unspecified atom stereocenters. The first-order valence-corrected chi connectivity index (χ1v) is 10.5. The van der Waals surface area contributed by atoms with Crippen LogP contribution < -0.4 is 16.2 Å². The summed E-state index contributed by atoms with van der Waals surface area (Å²) in [6.45, 7) is 7.51. The SMILES string of the molecule is Cc1c(-c2ccccc2)oc2c(C(=O)NCCCC(=O)NOC(C)(C)C)cccc2c1=O. The van der Waals surface area contributed by atoms with E-state index in [4.69, 9.17) is 9.25 Å². The van der Waals surface area contributed by atoms with E-state index in [1.807, 2.05) is 51.1 Å². The highest BCUT2D eigenvalue weighted by molar-refractivity contribution is 6.05. The standard InChI is InChI=1S/C25H28N2O5/c1-16-21(29)18-12-8-13-19(23(18)31-22(16)17-10-6-5-7-11-17)24(30)26-15-9-14-20(28)27-32-25(2,3)4/h5-8,10-13H,9,14-15H2,1-4H3,(H,26,30)(H,27,28). The second kappa shape index (κ2) is 9.78. The zero-order chi connectivity index (χ0) is 23.3. The fraction of sp³-hybridized carbons (Fsp3) is 0.320. The van der Waals surface area contributed by atoms with Crippen molar-refractivity contribution in [1.29, 1.82) is 0 Å². The number of carbonyl (C=O) groups is 2. The van der Waals surface area contributed by atoms with Gasteiger partial charge in [0.1, 0.15) is 5.76 Å². The van der Waals surface area contributed by atoms with Crippen molar-refractivity contribution in [3.05, 3.63) is 69.9 Å². The molecule has 7 heteroatoms. The number of nitrogens with one attached hydrogen (secondary N) is 2. The Morgan fingerprint density at radius 3 is 2.44 bits per heavy atom. The van der Waals surface area contributed by atoms with Crippen molar-refractivity contribution in [2.24, 2.45) is 0 Å². The van der Waals surface area contributed by atoms with Crippen molar-refractivity contribution in [3.8, 4) is 11.3 Å². The van der Waals surface area contributed by atoms with Crippen LogP contribution in [0.5, 0.6) is 0 Å². The second-order valence-corrected chi connectivity index (χ2v) is 8.53. The highest BCUT2D eigenvalue weighted by atomic mass is 16.7. The number of hydroxylamine groups is 1. The highest BCUT2D eigenvalue weighted by Crippen LogP contribution is 2.27. The molecule has 0 aliphatic heterocycles. The Morgan fingerprint density at radius 2 is 1.75 bits per heavy atom. The van der Waals surface area contributed by atoms with Gasteiger partial charge in [-0.1, -0.05) is 36.4 Å². The summed E-state index contributed by atoms with van der Waals surface area (Å²) in [7, 11) is 0. The molecule has 0 atom stereocenters. The Labute approximate surface area is 186 Å². The molecular formula is C25H28N2O5. The largest absolute Gasteiger partial charge is 0.455 e. The molecule has 0 saturated carbocycles. The van der Waals surface area contributed by atoms with E-state index in [1.54, 1.807) is 25.1 Å². The Bertz CT molecular complexity index is 1180. The van der Waals surface area contributed by atoms with Gasteiger partial charge in [0.25, 0.3) is 5.91 Å². The van der Waals surface area contributed by atoms with E-state index in [0.29, 0.717) is 29.7 Å². The predicted molar refractivity (Wildman–Crippen MR) is 123 cm³/mol. The number of rotatable bonds is 7. The Hall–Kier alpha value is -3.45. The quantitative estimate of drug-likeness (QED) is 0.429. The number of hydrogen-bond donors (Lipinski definition) is 2. The van der Waals surface area contributed by atoms with Gasteiger partial charge in [-0.25, -0.2) is 5.48 Å². The molecule has 2 N–H and O–H groups in total. The van der Waals surface area contributed by atoms with Crippen molar-refractivity contribution < 1.29 is 18.8 Å². The second-order valence-electron chi connectivity index (χ2n) is 8.53. The van der Waals surface area contributed by atoms with Crippen LogP contribution in [0.4, 0.5) is 0 Å². The molecule has 0 radical (unpaired) electrons. The number of fused-ring (bicyclic) bond motifs is 1. The Kier molecular flexibility index (Phi) is 7.10. The predicted octanol–water partition coefficient (Wildman–Crippen LogP) is 4.12. The van der Waals surface area contributed by atoms with E-state index in [2.05, 4.69) is 10.8 Å². The van der Waals surface area contributed by atoms with Gasteiger partial charge < -0.3 is 9.73 Å². The minimum absolute atomic E-state index is 0.171. The lowest BCUT2D eigenvalue weighted by molar-refractivity contribution is -0.145. The van der Waals surface area contributed by atoms with Crippen LogP contribution in [0.25, 0.3) is 22.3 Å². The fourth-order valence-electron chi connectivity index (χ4n) is 3.16. The van der Waals surface area contributed by atoms with Gasteiger partial charge in [0.2, 0.25) is 5.91 Å². The summed E-state index contributed by atoms with van der Waals surface area (Å²) in [5.74, 6) is -0.180. The first kappa shape index (κ1) is 23.2. The number of para-hydroxylation sites is 1. The van der Waals surface area contributed by atoms with Gasteiger partial charge in [0.05, 0.1) is 16.6 Å². The van der Waals surface area contributed by atoms with Crippen molar-refractivity contribution in [3.63, 3.8) is 0 Å². The lowest BCUT2D eigenvalue weighted by Gasteiger charge is -2.18. The lowest BCUT2D eigenvalue weighted by atomic mass is 10.0. The van der Waals surface area contributed by atoms with Crippen LogP contribution in [0.2, 0.25) is 0 Å².